The van der Waals surface area contributed by atoms with E-state index in [2.05, 4.69) is 10.4 Å². The average Bonchev–Trinajstić information content (AvgIpc) is 2.92. The van der Waals surface area contributed by atoms with Crippen molar-refractivity contribution in [1.29, 1.82) is 0 Å². The molecule has 1 N–H and O–H groups in total. The van der Waals surface area contributed by atoms with Crippen LogP contribution < -0.4 is 15.2 Å². The molecule has 0 aliphatic carbocycles. The SMILES string of the molecule is COc1cccc(-n2nnn(C)c2=O)c1COc1cccc(O)c1. The summed E-state index contributed by atoms with van der Waals surface area (Å²) in [6.45, 7) is 0.131. The van der Waals surface area contributed by atoms with Crippen LogP contribution in [0.5, 0.6) is 17.2 Å². The number of tetrazole rings is 1. The largest absolute Gasteiger partial charge is 0.508 e. The van der Waals surface area contributed by atoms with Crippen molar-refractivity contribution in [3.05, 3.63) is 58.5 Å². The topological polar surface area (TPSA) is 91.4 Å². The summed E-state index contributed by atoms with van der Waals surface area (Å²) in [5.74, 6) is 1.17. The minimum atomic E-state index is -0.373. The molecule has 0 aliphatic heterocycles. The number of rotatable bonds is 5. The van der Waals surface area contributed by atoms with Gasteiger partial charge in [0.05, 0.1) is 18.4 Å². The number of phenols is 1. The van der Waals surface area contributed by atoms with E-state index < -0.39 is 0 Å². The van der Waals surface area contributed by atoms with Gasteiger partial charge in [0.1, 0.15) is 23.9 Å². The van der Waals surface area contributed by atoms with Crippen LogP contribution in [0.25, 0.3) is 5.69 Å². The molecule has 0 bridgehead atoms. The van der Waals surface area contributed by atoms with Crippen molar-refractivity contribution in [3.8, 4) is 22.9 Å². The van der Waals surface area contributed by atoms with Crippen LogP contribution in [0.1, 0.15) is 5.56 Å². The molecule has 0 saturated carbocycles. The van der Waals surface area contributed by atoms with Gasteiger partial charge >= 0.3 is 5.69 Å². The Morgan fingerprint density at radius 1 is 1.17 bits per heavy atom. The number of hydrogen-bond acceptors (Lipinski definition) is 6. The van der Waals surface area contributed by atoms with Crippen molar-refractivity contribution in [2.75, 3.05) is 7.11 Å². The molecular weight excluding hydrogens is 312 g/mol. The second kappa shape index (κ2) is 6.45. The van der Waals surface area contributed by atoms with Gasteiger partial charge in [-0.25, -0.2) is 4.79 Å². The van der Waals surface area contributed by atoms with Gasteiger partial charge in [0, 0.05) is 13.1 Å². The standard InChI is InChI=1S/C16H16N4O4/c1-19-16(22)20(18-17-19)14-7-4-8-15(23-2)13(14)10-24-12-6-3-5-11(21)9-12/h3-9,21H,10H2,1-2H3. The number of aromatic nitrogens is 4. The van der Waals surface area contributed by atoms with E-state index in [0.717, 1.165) is 4.68 Å². The molecule has 2 aromatic carbocycles. The van der Waals surface area contributed by atoms with Crippen LogP contribution in [0.3, 0.4) is 0 Å². The van der Waals surface area contributed by atoms with E-state index in [1.165, 1.54) is 24.9 Å². The molecule has 0 fully saturated rings. The second-order valence-corrected chi connectivity index (χ2v) is 5.04. The Labute approximate surface area is 137 Å². The molecule has 0 amide bonds. The van der Waals surface area contributed by atoms with Gasteiger partial charge in [0.15, 0.2) is 0 Å². The first-order valence-corrected chi connectivity index (χ1v) is 7.17. The van der Waals surface area contributed by atoms with Crippen molar-refractivity contribution < 1.29 is 14.6 Å². The monoisotopic (exact) mass is 328 g/mol. The fraction of sp³-hybridized carbons (Fsp3) is 0.188. The van der Waals surface area contributed by atoms with E-state index in [4.69, 9.17) is 9.47 Å². The molecule has 24 heavy (non-hydrogen) atoms. The maximum atomic E-state index is 12.1. The van der Waals surface area contributed by atoms with Crippen molar-refractivity contribution in [3.63, 3.8) is 0 Å². The molecule has 0 aliphatic rings. The summed E-state index contributed by atoms with van der Waals surface area (Å²) in [4.78, 5) is 12.1. The van der Waals surface area contributed by atoms with Crippen LogP contribution in [0.4, 0.5) is 0 Å². The highest BCUT2D eigenvalue weighted by atomic mass is 16.5. The first-order chi connectivity index (χ1) is 11.6. The Kier molecular flexibility index (Phi) is 4.19. The van der Waals surface area contributed by atoms with E-state index in [0.29, 0.717) is 22.7 Å². The van der Waals surface area contributed by atoms with Gasteiger partial charge in [-0.05, 0) is 34.7 Å². The average molecular weight is 328 g/mol. The minimum absolute atomic E-state index is 0.109. The van der Waals surface area contributed by atoms with Gasteiger partial charge in [-0.1, -0.05) is 12.1 Å². The highest BCUT2D eigenvalue weighted by Gasteiger charge is 2.15. The summed E-state index contributed by atoms with van der Waals surface area (Å²) in [6, 6.07) is 11.7. The molecule has 0 atom stereocenters. The number of hydrogen-bond donors (Lipinski definition) is 1. The lowest BCUT2D eigenvalue weighted by Gasteiger charge is -2.14. The van der Waals surface area contributed by atoms with Crippen LogP contribution in [0, 0.1) is 0 Å². The number of ether oxygens (including phenoxy) is 2. The number of phenolic OH excluding ortho intramolecular Hbond substituents is 1. The van der Waals surface area contributed by atoms with Crippen LogP contribution in [-0.2, 0) is 13.7 Å². The first-order valence-electron chi connectivity index (χ1n) is 7.17. The fourth-order valence-electron chi connectivity index (χ4n) is 2.28. The van der Waals surface area contributed by atoms with Crippen LogP contribution >= 0.6 is 0 Å². The lowest BCUT2D eigenvalue weighted by atomic mass is 10.1. The predicted octanol–water partition coefficient (Wildman–Crippen LogP) is 1.26. The first kappa shape index (κ1) is 15.6. The van der Waals surface area contributed by atoms with E-state index in [-0.39, 0.29) is 18.0 Å². The van der Waals surface area contributed by atoms with Gasteiger partial charge in [0.2, 0.25) is 0 Å². The molecule has 1 aromatic heterocycles. The Morgan fingerprint density at radius 3 is 2.62 bits per heavy atom. The summed E-state index contributed by atoms with van der Waals surface area (Å²) in [7, 11) is 3.06. The molecule has 1 heterocycles. The number of aryl methyl sites for hydroxylation is 1. The zero-order chi connectivity index (χ0) is 17.1. The third kappa shape index (κ3) is 2.94. The molecule has 124 valence electrons. The summed E-state index contributed by atoms with van der Waals surface area (Å²) < 4.78 is 13.4. The zero-order valence-electron chi connectivity index (χ0n) is 13.2. The van der Waals surface area contributed by atoms with E-state index in [9.17, 15) is 9.90 Å². The maximum absolute atomic E-state index is 12.1. The fourth-order valence-corrected chi connectivity index (χ4v) is 2.28. The quantitative estimate of drug-likeness (QED) is 0.758. The molecule has 0 radical (unpaired) electrons. The summed E-state index contributed by atoms with van der Waals surface area (Å²) in [6.07, 6.45) is 0. The van der Waals surface area contributed by atoms with Gasteiger partial charge in [-0.3, -0.25) is 0 Å². The lowest BCUT2D eigenvalue weighted by molar-refractivity contribution is 0.294. The predicted molar refractivity (Wildman–Crippen MR) is 85.6 cm³/mol. The normalized spacial score (nSPS) is 10.6. The summed E-state index contributed by atoms with van der Waals surface area (Å²) in [5, 5.41) is 17.1. The molecule has 0 unspecified atom stereocenters. The van der Waals surface area contributed by atoms with E-state index in [1.54, 1.807) is 36.4 Å². The Balaban J connectivity index is 1.99. The Hall–Kier alpha value is -3.29. The van der Waals surface area contributed by atoms with Gasteiger partial charge in [0.25, 0.3) is 0 Å². The Morgan fingerprint density at radius 2 is 1.96 bits per heavy atom. The van der Waals surface area contributed by atoms with Crippen molar-refractivity contribution in [1.82, 2.24) is 19.8 Å². The third-order valence-corrected chi connectivity index (χ3v) is 3.48. The van der Waals surface area contributed by atoms with Crippen LogP contribution in [-0.4, -0.2) is 32.0 Å². The summed E-state index contributed by atoms with van der Waals surface area (Å²) >= 11 is 0. The van der Waals surface area contributed by atoms with Crippen molar-refractivity contribution in [2.24, 2.45) is 7.05 Å². The van der Waals surface area contributed by atoms with Gasteiger partial charge in [-0.2, -0.15) is 9.36 Å². The van der Waals surface area contributed by atoms with Gasteiger partial charge < -0.3 is 14.6 Å². The highest BCUT2D eigenvalue weighted by Crippen LogP contribution is 2.26. The van der Waals surface area contributed by atoms with Crippen molar-refractivity contribution >= 4 is 0 Å². The number of methoxy groups -OCH3 is 1. The highest BCUT2D eigenvalue weighted by molar-refractivity contribution is 5.49. The van der Waals surface area contributed by atoms with Crippen molar-refractivity contribution in [2.45, 2.75) is 6.61 Å². The molecular formula is C16H16N4O4. The molecule has 3 aromatic rings. The number of nitrogens with zero attached hydrogens (tertiary/aromatic N) is 4. The van der Waals surface area contributed by atoms with Crippen LogP contribution in [0.15, 0.2) is 47.3 Å². The second-order valence-electron chi connectivity index (χ2n) is 5.04. The maximum Gasteiger partial charge on any atom is 0.368 e. The van der Waals surface area contributed by atoms with Gasteiger partial charge in [-0.15, -0.1) is 0 Å². The third-order valence-electron chi connectivity index (χ3n) is 3.48. The minimum Gasteiger partial charge on any atom is -0.508 e. The molecule has 8 heteroatoms. The molecule has 0 saturated heterocycles. The van der Waals surface area contributed by atoms with E-state index >= 15 is 0 Å². The zero-order valence-corrected chi connectivity index (χ0v) is 13.2. The Bertz CT molecular complexity index is 916. The summed E-state index contributed by atoms with van der Waals surface area (Å²) in [5.41, 5.74) is 0.792. The lowest BCUT2D eigenvalue weighted by Crippen LogP contribution is -2.23. The molecule has 3 rings (SSSR count). The molecule has 8 nitrogen and oxygen atoms in total. The van der Waals surface area contributed by atoms with Crippen LogP contribution in [0.2, 0.25) is 0 Å². The smallest absolute Gasteiger partial charge is 0.368 e. The number of benzene rings is 2. The molecule has 0 spiro atoms. The number of aromatic hydroxyl groups is 1. The van der Waals surface area contributed by atoms with E-state index in [1.807, 2.05) is 0 Å².